The van der Waals surface area contributed by atoms with Gasteiger partial charge in [0.1, 0.15) is 4.88 Å². The summed E-state index contributed by atoms with van der Waals surface area (Å²) in [4.78, 5) is 12.8. The first-order valence-corrected chi connectivity index (χ1v) is 8.47. The molecule has 0 bridgehead atoms. The average molecular weight is 297 g/mol. The van der Waals surface area contributed by atoms with Crippen molar-refractivity contribution in [3.63, 3.8) is 0 Å². The summed E-state index contributed by atoms with van der Waals surface area (Å²) in [6.45, 7) is 2.11. The Kier molecular flexibility index (Phi) is 7.65. The summed E-state index contributed by atoms with van der Waals surface area (Å²) in [6, 6.07) is 2.04. The van der Waals surface area contributed by atoms with E-state index in [1.165, 1.54) is 11.3 Å². The first-order valence-electron chi connectivity index (χ1n) is 6.19. The van der Waals surface area contributed by atoms with E-state index in [0.717, 1.165) is 17.7 Å². The second-order valence-electron chi connectivity index (χ2n) is 3.97. The predicted octanol–water partition coefficient (Wildman–Crippen LogP) is 2.35. The molecule has 0 spiro atoms. The lowest BCUT2D eigenvalue weighted by Gasteiger charge is -2.15. The molecule has 104 valence electrons. The molecule has 3 nitrogen and oxygen atoms in total. The lowest BCUT2D eigenvalue weighted by Crippen LogP contribution is -2.36. The van der Waals surface area contributed by atoms with Gasteiger partial charge < -0.3 is 10.4 Å². The SMILES string of the molecule is CCC(CSC)NC(=O)c1sccc1C#CCCO. The molecular formula is C14H19NO2S2. The summed E-state index contributed by atoms with van der Waals surface area (Å²) in [7, 11) is 0. The third-order valence-corrected chi connectivity index (χ3v) is 4.18. The number of rotatable bonds is 6. The fourth-order valence-electron chi connectivity index (χ4n) is 1.51. The van der Waals surface area contributed by atoms with E-state index in [-0.39, 0.29) is 18.6 Å². The number of thiophene rings is 1. The molecule has 0 aliphatic rings. The van der Waals surface area contributed by atoms with E-state index in [2.05, 4.69) is 24.1 Å². The van der Waals surface area contributed by atoms with Gasteiger partial charge in [0, 0.05) is 23.8 Å². The maximum atomic E-state index is 12.2. The minimum atomic E-state index is -0.0517. The summed E-state index contributed by atoms with van der Waals surface area (Å²) in [5, 5.41) is 13.6. The second-order valence-corrected chi connectivity index (χ2v) is 5.80. The van der Waals surface area contributed by atoms with Crippen LogP contribution in [0.3, 0.4) is 0 Å². The Labute approximate surface area is 122 Å². The molecule has 1 rings (SSSR count). The third-order valence-electron chi connectivity index (χ3n) is 2.53. The van der Waals surface area contributed by atoms with Gasteiger partial charge >= 0.3 is 0 Å². The number of amides is 1. The molecule has 1 atom stereocenters. The zero-order valence-electron chi connectivity index (χ0n) is 11.2. The van der Waals surface area contributed by atoms with Crippen LogP contribution >= 0.6 is 23.1 Å². The fourth-order valence-corrected chi connectivity index (χ4v) is 2.98. The maximum Gasteiger partial charge on any atom is 0.262 e. The van der Waals surface area contributed by atoms with Crippen molar-refractivity contribution in [1.82, 2.24) is 5.32 Å². The van der Waals surface area contributed by atoms with Gasteiger partial charge in [-0.1, -0.05) is 18.8 Å². The molecule has 1 aromatic rings. The van der Waals surface area contributed by atoms with Crippen molar-refractivity contribution >= 4 is 29.0 Å². The Morgan fingerprint density at radius 3 is 3.05 bits per heavy atom. The van der Waals surface area contributed by atoms with Gasteiger partial charge in [-0.3, -0.25) is 4.79 Å². The first-order chi connectivity index (χ1) is 9.22. The maximum absolute atomic E-state index is 12.2. The van der Waals surface area contributed by atoms with Crippen LogP contribution in [0.15, 0.2) is 11.4 Å². The van der Waals surface area contributed by atoms with E-state index in [1.54, 1.807) is 11.8 Å². The van der Waals surface area contributed by atoms with Crippen molar-refractivity contribution in [3.05, 3.63) is 21.9 Å². The van der Waals surface area contributed by atoms with E-state index >= 15 is 0 Å². The number of nitrogens with one attached hydrogen (secondary N) is 1. The Hall–Kier alpha value is -0.960. The highest BCUT2D eigenvalue weighted by atomic mass is 32.2. The van der Waals surface area contributed by atoms with Crippen molar-refractivity contribution in [2.45, 2.75) is 25.8 Å². The molecule has 19 heavy (non-hydrogen) atoms. The molecule has 1 aromatic heterocycles. The van der Waals surface area contributed by atoms with Crippen molar-refractivity contribution in [2.24, 2.45) is 0 Å². The first kappa shape index (κ1) is 16.1. The molecule has 0 aromatic carbocycles. The van der Waals surface area contributed by atoms with Crippen LogP contribution in [-0.2, 0) is 0 Å². The minimum absolute atomic E-state index is 0.0459. The molecule has 0 aliphatic heterocycles. The van der Waals surface area contributed by atoms with Crippen LogP contribution in [0, 0.1) is 11.8 Å². The topological polar surface area (TPSA) is 49.3 Å². The lowest BCUT2D eigenvalue weighted by molar-refractivity contribution is 0.0944. The molecule has 1 heterocycles. The Balaban J connectivity index is 2.72. The van der Waals surface area contributed by atoms with E-state index in [1.807, 2.05) is 17.7 Å². The zero-order chi connectivity index (χ0) is 14.1. The molecule has 0 radical (unpaired) electrons. The summed E-state index contributed by atoms with van der Waals surface area (Å²) in [5.74, 6) is 6.64. The Morgan fingerprint density at radius 1 is 1.63 bits per heavy atom. The summed E-state index contributed by atoms with van der Waals surface area (Å²) < 4.78 is 0. The number of carbonyl (C=O) groups excluding carboxylic acids is 1. The normalized spacial score (nSPS) is 11.5. The average Bonchev–Trinajstić information content (AvgIpc) is 2.87. The number of aliphatic hydroxyl groups is 1. The molecule has 0 saturated carbocycles. The van der Waals surface area contributed by atoms with Crippen molar-refractivity contribution < 1.29 is 9.90 Å². The van der Waals surface area contributed by atoms with Crippen LogP contribution in [-0.4, -0.2) is 35.7 Å². The number of carbonyl (C=O) groups is 1. The van der Waals surface area contributed by atoms with Gasteiger partial charge in [0.05, 0.1) is 6.61 Å². The van der Waals surface area contributed by atoms with Crippen LogP contribution in [0.5, 0.6) is 0 Å². The number of hydrogen-bond donors (Lipinski definition) is 2. The van der Waals surface area contributed by atoms with Crippen molar-refractivity contribution in [2.75, 3.05) is 18.6 Å². The minimum Gasteiger partial charge on any atom is -0.395 e. The van der Waals surface area contributed by atoms with Gasteiger partial charge in [0.2, 0.25) is 0 Å². The Bertz CT molecular complexity index is 460. The van der Waals surface area contributed by atoms with Crippen LogP contribution in [0.25, 0.3) is 0 Å². The van der Waals surface area contributed by atoms with Gasteiger partial charge in [-0.05, 0) is 24.1 Å². The van der Waals surface area contributed by atoms with Crippen LogP contribution < -0.4 is 5.32 Å². The highest BCUT2D eigenvalue weighted by Gasteiger charge is 2.15. The predicted molar refractivity (Wildman–Crippen MR) is 82.8 cm³/mol. The molecule has 1 amide bonds. The quantitative estimate of drug-likeness (QED) is 0.793. The summed E-state index contributed by atoms with van der Waals surface area (Å²) in [5.41, 5.74) is 0.745. The molecule has 1 unspecified atom stereocenters. The molecule has 0 saturated heterocycles. The molecule has 0 aliphatic carbocycles. The van der Waals surface area contributed by atoms with Crippen molar-refractivity contribution in [3.8, 4) is 11.8 Å². The zero-order valence-corrected chi connectivity index (χ0v) is 12.9. The van der Waals surface area contributed by atoms with Gasteiger partial charge in [0.15, 0.2) is 0 Å². The smallest absolute Gasteiger partial charge is 0.262 e. The molecule has 2 N–H and O–H groups in total. The van der Waals surface area contributed by atoms with Gasteiger partial charge in [-0.2, -0.15) is 11.8 Å². The molecule has 5 heteroatoms. The lowest BCUT2D eigenvalue weighted by atomic mass is 10.2. The van der Waals surface area contributed by atoms with Gasteiger partial charge in [-0.25, -0.2) is 0 Å². The van der Waals surface area contributed by atoms with Crippen molar-refractivity contribution in [1.29, 1.82) is 0 Å². The molecule has 0 fully saturated rings. The van der Waals surface area contributed by atoms with E-state index < -0.39 is 0 Å². The van der Waals surface area contributed by atoms with Crippen LogP contribution in [0.2, 0.25) is 0 Å². The van der Waals surface area contributed by atoms with Gasteiger partial charge in [0.25, 0.3) is 5.91 Å². The molecular weight excluding hydrogens is 278 g/mol. The summed E-state index contributed by atoms with van der Waals surface area (Å²) in [6.07, 6.45) is 3.39. The fraction of sp³-hybridized carbons (Fsp3) is 0.500. The largest absolute Gasteiger partial charge is 0.395 e. The highest BCUT2D eigenvalue weighted by Crippen LogP contribution is 2.16. The highest BCUT2D eigenvalue weighted by molar-refractivity contribution is 7.98. The van der Waals surface area contributed by atoms with E-state index in [4.69, 9.17) is 5.11 Å². The third kappa shape index (κ3) is 5.27. The van der Waals surface area contributed by atoms with Crippen LogP contribution in [0.1, 0.15) is 35.0 Å². The number of thioether (sulfide) groups is 1. The second kappa shape index (κ2) is 9.03. The van der Waals surface area contributed by atoms with E-state index in [9.17, 15) is 4.79 Å². The van der Waals surface area contributed by atoms with Crippen LogP contribution in [0.4, 0.5) is 0 Å². The number of hydrogen-bond acceptors (Lipinski definition) is 4. The standard InChI is InChI=1S/C14H19NO2S2/c1-3-12(10-18-2)15-14(17)13-11(7-9-19-13)6-4-5-8-16/h7,9,12,16H,3,5,8,10H2,1-2H3,(H,15,17). The van der Waals surface area contributed by atoms with Gasteiger partial charge in [-0.15, -0.1) is 11.3 Å². The summed E-state index contributed by atoms with van der Waals surface area (Å²) >= 11 is 3.13. The monoisotopic (exact) mass is 297 g/mol. The van der Waals surface area contributed by atoms with E-state index in [0.29, 0.717) is 11.3 Å². The Morgan fingerprint density at radius 2 is 2.42 bits per heavy atom. The number of aliphatic hydroxyl groups excluding tert-OH is 1.